The molecule has 0 aromatic heterocycles. The van der Waals surface area contributed by atoms with Gasteiger partial charge in [0, 0.05) is 23.6 Å². The monoisotopic (exact) mass is 452 g/mol. The van der Waals surface area contributed by atoms with Crippen molar-refractivity contribution in [3.05, 3.63) is 0 Å². The van der Waals surface area contributed by atoms with Crippen molar-refractivity contribution >= 4 is 79.7 Å². The predicted molar refractivity (Wildman–Crippen MR) is 76.7 cm³/mol. The van der Waals surface area contributed by atoms with Gasteiger partial charge in [-0.1, -0.05) is 0 Å². The highest BCUT2D eigenvalue weighted by atomic mass is 79.9. The maximum Gasteiger partial charge on any atom is 0.352 e. The summed E-state index contributed by atoms with van der Waals surface area (Å²) in [5.41, 5.74) is -0.890. The summed E-state index contributed by atoms with van der Waals surface area (Å²) in [7, 11) is 0. The Kier molecular flexibility index (Phi) is 5.28. The number of hydrogen-bond donors (Lipinski definition) is 0. The molecule has 0 atom stereocenters. The molecule has 0 radical (unpaired) electrons. The first-order valence-electron chi connectivity index (χ1n) is 4.98. The minimum Gasteiger partial charge on any atom is -0.271 e. The van der Waals surface area contributed by atoms with Crippen molar-refractivity contribution in [3.8, 4) is 0 Å². The van der Waals surface area contributed by atoms with Gasteiger partial charge >= 0.3 is 12.1 Å². The average molecular weight is 455 g/mol. The Hall–Kier alpha value is -0.580. The van der Waals surface area contributed by atoms with Crippen LogP contribution in [0.25, 0.3) is 0 Å². The lowest BCUT2D eigenvalue weighted by Gasteiger charge is -2.19. The third-order valence-electron chi connectivity index (χ3n) is 2.40. The quantitative estimate of drug-likeness (QED) is 0.415. The molecule has 2 aliphatic rings. The van der Waals surface area contributed by atoms with Gasteiger partial charge in [-0.05, 0) is 13.8 Å². The minimum absolute atomic E-state index is 0.0639. The Morgan fingerprint density at radius 3 is 1.65 bits per heavy atom. The SMILES string of the molecule is CC1(C)C(=O)N(Cl)C(=O)N1Br.O=C1CN(Cl)C(=O)N1Br. The fourth-order valence-corrected chi connectivity index (χ4v) is 2.43. The molecule has 6 amide bonds. The van der Waals surface area contributed by atoms with Crippen molar-refractivity contribution in [2.24, 2.45) is 0 Å². The van der Waals surface area contributed by atoms with E-state index >= 15 is 0 Å². The summed E-state index contributed by atoms with van der Waals surface area (Å²) in [6, 6.07) is -1.09. The van der Waals surface area contributed by atoms with Gasteiger partial charge in [-0.25, -0.2) is 17.9 Å². The molecule has 8 nitrogen and oxygen atoms in total. The van der Waals surface area contributed by atoms with E-state index in [1.165, 1.54) is 0 Å². The van der Waals surface area contributed by atoms with E-state index in [-0.39, 0.29) is 12.5 Å². The molecule has 0 spiro atoms. The summed E-state index contributed by atoms with van der Waals surface area (Å²) < 4.78 is 3.28. The van der Waals surface area contributed by atoms with Crippen LogP contribution < -0.4 is 0 Å². The van der Waals surface area contributed by atoms with E-state index in [9.17, 15) is 19.2 Å². The largest absolute Gasteiger partial charge is 0.352 e. The van der Waals surface area contributed by atoms with Crippen molar-refractivity contribution < 1.29 is 19.2 Å². The fraction of sp³-hybridized carbons (Fsp3) is 0.500. The first kappa shape index (κ1) is 17.5. The molecular formula is C8H8Br2Cl2N4O4. The lowest BCUT2D eigenvalue weighted by molar-refractivity contribution is -0.127. The standard InChI is InChI=1S/C5H6BrClN2O2.C3H2BrClN2O2/c1-5(2)3(10)8(7)4(11)9(5)6;4-7-2(8)1-6(5)3(7)9/h1-2H3;1H2. The van der Waals surface area contributed by atoms with Crippen LogP contribution in [0.3, 0.4) is 0 Å². The van der Waals surface area contributed by atoms with Crippen molar-refractivity contribution in [3.63, 3.8) is 0 Å². The van der Waals surface area contributed by atoms with Crippen LogP contribution in [0.15, 0.2) is 0 Å². The number of imide groups is 2. The molecule has 0 aromatic carbocycles. The van der Waals surface area contributed by atoms with Crippen LogP contribution in [0.4, 0.5) is 9.59 Å². The van der Waals surface area contributed by atoms with Gasteiger partial charge in [0.2, 0.25) is 0 Å². The molecule has 0 aliphatic carbocycles. The number of carbonyl (C=O) groups excluding carboxylic acids is 4. The Bertz CT molecular complexity index is 489. The number of nitrogens with zero attached hydrogens (tertiary/aromatic N) is 4. The third-order valence-corrected chi connectivity index (χ3v) is 4.85. The van der Waals surface area contributed by atoms with Gasteiger partial charge < -0.3 is 0 Å². The third kappa shape index (κ3) is 3.02. The van der Waals surface area contributed by atoms with E-state index in [1.54, 1.807) is 13.8 Å². The van der Waals surface area contributed by atoms with E-state index in [0.717, 1.165) is 12.3 Å². The Morgan fingerprint density at radius 1 is 1.05 bits per heavy atom. The van der Waals surface area contributed by atoms with Crippen molar-refractivity contribution in [1.29, 1.82) is 0 Å². The Labute approximate surface area is 141 Å². The summed E-state index contributed by atoms with van der Waals surface area (Å²) in [4.78, 5) is 43.2. The first-order valence-corrected chi connectivity index (χ1v) is 7.07. The van der Waals surface area contributed by atoms with Gasteiger partial charge in [-0.3, -0.25) is 9.59 Å². The zero-order valence-electron chi connectivity index (χ0n) is 10.1. The molecule has 0 saturated carbocycles. The van der Waals surface area contributed by atoms with E-state index in [1.807, 2.05) is 0 Å². The van der Waals surface area contributed by atoms with Crippen LogP contribution in [-0.2, 0) is 9.59 Å². The lowest BCUT2D eigenvalue weighted by Crippen LogP contribution is -2.37. The molecule has 0 bridgehead atoms. The van der Waals surface area contributed by atoms with Crippen molar-refractivity contribution in [2.45, 2.75) is 19.4 Å². The molecule has 0 N–H and O–H groups in total. The molecule has 2 rings (SSSR count). The van der Waals surface area contributed by atoms with Gasteiger partial charge in [0.15, 0.2) is 0 Å². The lowest BCUT2D eigenvalue weighted by atomic mass is 10.1. The Morgan fingerprint density at radius 2 is 1.55 bits per heavy atom. The fourth-order valence-electron chi connectivity index (χ4n) is 1.18. The molecule has 2 heterocycles. The summed E-state index contributed by atoms with van der Waals surface area (Å²) in [5, 5.41) is 0. The molecule has 12 heteroatoms. The van der Waals surface area contributed by atoms with Crippen molar-refractivity contribution in [2.75, 3.05) is 6.54 Å². The van der Waals surface area contributed by atoms with Crippen LogP contribution in [-0.4, -0.2) is 52.7 Å². The van der Waals surface area contributed by atoms with Crippen LogP contribution in [0.5, 0.6) is 0 Å². The smallest absolute Gasteiger partial charge is 0.271 e. The molecule has 0 unspecified atom stereocenters. The van der Waals surface area contributed by atoms with Gasteiger partial charge in [-0.2, -0.15) is 8.34 Å². The topological polar surface area (TPSA) is 81.2 Å². The summed E-state index contributed by atoms with van der Waals surface area (Å²) >= 11 is 16.3. The summed E-state index contributed by atoms with van der Waals surface area (Å²) in [6.45, 7) is 3.14. The van der Waals surface area contributed by atoms with Crippen LogP contribution in [0, 0.1) is 0 Å². The predicted octanol–water partition coefficient (Wildman–Crippen LogP) is 2.21. The highest BCUT2D eigenvalue weighted by molar-refractivity contribution is 9.08. The number of rotatable bonds is 0. The molecule has 2 fully saturated rings. The number of carbonyl (C=O) groups is 4. The van der Waals surface area contributed by atoms with E-state index in [4.69, 9.17) is 23.6 Å². The van der Waals surface area contributed by atoms with Gasteiger partial charge in [0.1, 0.15) is 12.1 Å². The zero-order valence-corrected chi connectivity index (χ0v) is 14.8. The molecule has 0 aromatic rings. The second kappa shape index (κ2) is 6.04. The second-order valence-corrected chi connectivity index (χ2v) is 6.35. The maximum absolute atomic E-state index is 11.1. The minimum atomic E-state index is -0.890. The highest BCUT2D eigenvalue weighted by Crippen LogP contribution is 2.31. The van der Waals surface area contributed by atoms with E-state index < -0.39 is 23.5 Å². The maximum atomic E-state index is 11.1. The summed E-state index contributed by atoms with van der Waals surface area (Å²) in [5.74, 6) is -0.781. The van der Waals surface area contributed by atoms with Gasteiger partial charge in [-0.15, -0.1) is 0 Å². The van der Waals surface area contributed by atoms with Crippen LogP contribution >= 0.6 is 55.8 Å². The van der Waals surface area contributed by atoms with E-state index in [2.05, 4.69) is 32.3 Å². The molecule has 112 valence electrons. The van der Waals surface area contributed by atoms with Crippen LogP contribution in [0.2, 0.25) is 0 Å². The molecule has 2 saturated heterocycles. The number of halogens is 4. The van der Waals surface area contributed by atoms with Crippen LogP contribution in [0.1, 0.15) is 13.8 Å². The molecule has 2 aliphatic heterocycles. The van der Waals surface area contributed by atoms with Gasteiger partial charge in [0.25, 0.3) is 11.8 Å². The average Bonchev–Trinajstić information content (AvgIpc) is 2.68. The number of hydrogen-bond acceptors (Lipinski definition) is 4. The normalized spacial score (nSPS) is 21.7. The first-order chi connectivity index (χ1) is 9.01. The van der Waals surface area contributed by atoms with Crippen molar-refractivity contribution in [1.82, 2.24) is 16.7 Å². The number of amides is 6. The second-order valence-electron chi connectivity index (χ2n) is 4.19. The summed E-state index contributed by atoms with van der Waals surface area (Å²) in [6.07, 6.45) is 0. The highest BCUT2D eigenvalue weighted by Gasteiger charge is 2.50. The molecular weight excluding hydrogens is 447 g/mol. The van der Waals surface area contributed by atoms with E-state index in [0.29, 0.717) is 4.42 Å². The number of urea groups is 2. The Balaban J connectivity index is 0.000000204. The molecule has 20 heavy (non-hydrogen) atoms. The van der Waals surface area contributed by atoms with Gasteiger partial charge in [0.05, 0.1) is 32.3 Å². The zero-order chi connectivity index (χ0) is 15.8.